The van der Waals surface area contributed by atoms with Gasteiger partial charge in [-0.3, -0.25) is 0 Å². The molecule has 15 heteroatoms. The van der Waals surface area contributed by atoms with Crippen LogP contribution in [0.1, 0.15) is 45.0 Å². The van der Waals surface area contributed by atoms with Crippen molar-refractivity contribution in [2.24, 2.45) is 0 Å². The minimum atomic E-state index is -3.65. The first kappa shape index (κ1) is 33.0. The fourth-order valence-electron chi connectivity index (χ4n) is 4.46. The van der Waals surface area contributed by atoms with Gasteiger partial charge in [0, 0.05) is 19.3 Å². The molecule has 1 amide bonds. The lowest BCUT2D eigenvalue weighted by molar-refractivity contribution is 0.0528. The number of nitrogens with one attached hydrogen (secondary N) is 2. The number of imidazole rings is 1. The maximum Gasteiger partial charge on any atom is 0.407 e. The van der Waals surface area contributed by atoms with Gasteiger partial charge in [-0.15, -0.1) is 0 Å². The Morgan fingerprint density at radius 1 is 1.07 bits per heavy atom. The van der Waals surface area contributed by atoms with E-state index in [9.17, 15) is 13.2 Å². The van der Waals surface area contributed by atoms with Crippen LogP contribution in [0.2, 0.25) is 0 Å². The summed E-state index contributed by atoms with van der Waals surface area (Å²) in [5.41, 5.74) is 2.70. The number of nitrogens with zero attached hydrogens (tertiary/aromatic N) is 6. The molecule has 12 nitrogen and oxygen atoms in total. The SMILES string of the molecule is CC(C)(C)OC(=O)NCCc1ccc2c(c1)nc(CNc1nc(S(C)(=O)=O)nc3c(Br)cnn13)n2CCCCS(C)(C)C. The number of anilines is 1. The lowest BCUT2D eigenvalue weighted by atomic mass is 10.1. The zero-order chi connectivity index (χ0) is 31.6. The van der Waals surface area contributed by atoms with Crippen molar-refractivity contribution in [3.63, 3.8) is 0 Å². The summed E-state index contributed by atoms with van der Waals surface area (Å²) in [5, 5.41) is 10.1. The van der Waals surface area contributed by atoms with Crippen molar-refractivity contribution < 1.29 is 17.9 Å². The van der Waals surface area contributed by atoms with E-state index < -0.39 is 31.6 Å². The zero-order valence-corrected chi connectivity index (χ0v) is 29.0. The summed E-state index contributed by atoms with van der Waals surface area (Å²) in [6.45, 7) is 7.03. The molecule has 0 fully saturated rings. The van der Waals surface area contributed by atoms with Crippen LogP contribution in [0.4, 0.5) is 10.7 Å². The Labute approximate surface area is 262 Å². The first-order valence-electron chi connectivity index (χ1n) is 14.0. The van der Waals surface area contributed by atoms with E-state index in [0.29, 0.717) is 29.6 Å². The maximum absolute atomic E-state index is 12.3. The van der Waals surface area contributed by atoms with Crippen molar-refractivity contribution >= 4 is 64.5 Å². The fourth-order valence-corrected chi connectivity index (χ4v) is 6.39. The molecule has 0 aliphatic heterocycles. The summed E-state index contributed by atoms with van der Waals surface area (Å²) < 4.78 is 34.1. The van der Waals surface area contributed by atoms with E-state index in [2.05, 4.69) is 77.1 Å². The number of alkyl carbamates (subject to hydrolysis) is 1. The van der Waals surface area contributed by atoms with Crippen LogP contribution in [0.5, 0.6) is 0 Å². The molecule has 0 aliphatic carbocycles. The molecule has 0 aliphatic rings. The second-order valence-electron chi connectivity index (χ2n) is 12.4. The minimum absolute atomic E-state index is 0.250. The summed E-state index contributed by atoms with van der Waals surface area (Å²) in [4.78, 5) is 25.4. The van der Waals surface area contributed by atoms with Gasteiger partial charge in [0.25, 0.3) is 5.16 Å². The average molecular weight is 698 g/mol. The molecule has 43 heavy (non-hydrogen) atoms. The van der Waals surface area contributed by atoms with E-state index >= 15 is 0 Å². The molecule has 0 atom stereocenters. The van der Waals surface area contributed by atoms with Crippen LogP contribution in [0.25, 0.3) is 16.7 Å². The number of hydrogen-bond donors (Lipinski definition) is 2. The molecular weight excluding hydrogens is 656 g/mol. The van der Waals surface area contributed by atoms with Crippen molar-refractivity contribution in [1.82, 2.24) is 34.4 Å². The van der Waals surface area contributed by atoms with E-state index in [1.807, 2.05) is 26.8 Å². The third-order valence-corrected chi connectivity index (χ3v) is 9.32. The van der Waals surface area contributed by atoms with Crippen molar-refractivity contribution in [3.8, 4) is 0 Å². The Kier molecular flexibility index (Phi) is 9.96. The van der Waals surface area contributed by atoms with Crippen LogP contribution in [0.3, 0.4) is 0 Å². The molecule has 4 aromatic rings. The quantitative estimate of drug-likeness (QED) is 0.200. The number of carbonyl (C=O) groups excluding carboxylic acids is 1. The second-order valence-corrected chi connectivity index (χ2v) is 19.7. The third-order valence-electron chi connectivity index (χ3n) is 6.40. The molecule has 3 aromatic heterocycles. The van der Waals surface area contributed by atoms with Gasteiger partial charge in [-0.2, -0.15) is 19.6 Å². The Bertz CT molecular complexity index is 1720. The topological polar surface area (TPSA) is 145 Å². The number of hydrogen-bond acceptors (Lipinski definition) is 9. The smallest absolute Gasteiger partial charge is 0.407 e. The number of aromatic nitrogens is 6. The molecule has 0 unspecified atom stereocenters. The fraction of sp³-hybridized carbons (Fsp3) is 0.536. The highest BCUT2D eigenvalue weighted by Gasteiger charge is 2.20. The van der Waals surface area contributed by atoms with Gasteiger partial charge >= 0.3 is 6.09 Å². The van der Waals surface area contributed by atoms with Crippen LogP contribution < -0.4 is 10.6 Å². The van der Waals surface area contributed by atoms with Crippen molar-refractivity contribution in [3.05, 3.63) is 40.3 Å². The van der Waals surface area contributed by atoms with Gasteiger partial charge in [0.05, 0.1) is 28.2 Å². The van der Waals surface area contributed by atoms with E-state index in [4.69, 9.17) is 9.72 Å². The number of sulfone groups is 1. The van der Waals surface area contributed by atoms with Crippen LogP contribution in [0, 0.1) is 0 Å². The van der Waals surface area contributed by atoms with Gasteiger partial charge in [-0.1, -0.05) is 6.07 Å². The Hall–Kier alpha value is -2.91. The van der Waals surface area contributed by atoms with Gasteiger partial charge in [-0.25, -0.2) is 28.2 Å². The number of carbonyl (C=O) groups is 1. The number of aryl methyl sites for hydroxylation is 1. The number of fused-ring (bicyclic) bond motifs is 2. The highest BCUT2D eigenvalue weighted by molar-refractivity contribution is 9.10. The minimum Gasteiger partial charge on any atom is -0.444 e. The van der Waals surface area contributed by atoms with Gasteiger partial charge in [0.15, 0.2) is 5.65 Å². The molecule has 0 saturated heterocycles. The van der Waals surface area contributed by atoms with Crippen LogP contribution in [-0.2, 0) is 34.1 Å². The molecule has 2 N–H and O–H groups in total. The lowest BCUT2D eigenvalue weighted by Crippen LogP contribution is -2.33. The van der Waals surface area contributed by atoms with Crippen LogP contribution >= 0.6 is 26.0 Å². The average Bonchev–Trinajstić information content (AvgIpc) is 3.42. The Morgan fingerprint density at radius 3 is 2.49 bits per heavy atom. The van der Waals surface area contributed by atoms with Crippen LogP contribution in [0.15, 0.2) is 34.0 Å². The predicted molar refractivity (Wildman–Crippen MR) is 176 cm³/mol. The molecule has 4 rings (SSSR count). The first-order chi connectivity index (χ1) is 20.0. The number of rotatable bonds is 12. The second kappa shape index (κ2) is 13.0. The monoisotopic (exact) mass is 696 g/mol. The number of halogens is 1. The summed E-state index contributed by atoms with van der Waals surface area (Å²) in [5.74, 6) is 2.24. The third kappa shape index (κ3) is 9.05. The molecule has 3 heterocycles. The number of amides is 1. The number of unbranched alkanes of at least 4 members (excludes halogenated alkanes) is 1. The molecule has 0 radical (unpaired) electrons. The molecule has 236 valence electrons. The van der Waals surface area contributed by atoms with Crippen molar-refractivity contribution in [2.45, 2.75) is 63.9 Å². The van der Waals surface area contributed by atoms with E-state index in [0.717, 1.165) is 48.1 Å². The molecule has 0 bridgehead atoms. The van der Waals surface area contributed by atoms with Gasteiger partial charge in [0.2, 0.25) is 15.8 Å². The summed E-state index contributed by atoms with van der Waals surface area (Å²) in [6.07, 6.45) is 11.9. The van der Waals surface area contributed by atoms with Crippen molar-refractivity contribution in [1.29, 1.82) is 0 Å². The van der Waals surface area contributed by atoms with Crippen LogP contribution in [-0.4, -0.2) is 86.6 Å². The summed E-state index contributed by atoms with van der Waals surface area (Å²) in [7, 11) is -4.24. The van der Waals surface area contributed by atoms with Gasteiger partial charge in [0.1, 0.15) is 11.4 Å². The molecule has 0 saturated carbocycles. The van der Waals surface area contributed by atoms with Gasteiger partial charge in [-0.05, 0) is 98.2 Å². The van der Waals surface area contributed by atoms with Gasteiger partial charge < -0.3 is 19.9 Å². The van der Waals surface area contributed by atoms with E-state index in [-0.39, 0.29) is 11.1 Å². The van der Waals surface area contributed by atoms with E-state index in [1.165, 1.54) is 10.3 Å². The zero-order valence-electron chi connectivity index (χ0n) is 25.8. The molecule has 0 spiro atoms. The number of benzene rings is 1. The maximum atomic E-state index is 12.3. The molecular formula is C28H41BrN8O4S2. The largest absolute Gasteiger partial charge is 0.444 e. The Balaban J connectivity index is 1.58. The summed E-state index contributed by atoms with van der Waals surface area (Å²) in [6, 6.07) is 6.17. The predicted octanol–water partition coefficient (Wildman–Crippen LogP) is 4.79. The van der Waals surface area contributed by atoms with Crippen molar-refractivity contribution in [2.75, 3.05) is 42.6 Å². The summed E-state index contributed by atoms with van der Waals surface area (Å²) >= 11 is 3.39. The highest BCUT2D eigenvalue weighted by atomic mass is 79.9. The Morgan fingerprint density at radius 2 is 1.81 bits per heavy atom. The standard InChI is InChI=1S/C28H41BrN8O4S2/c1-28(2,3)41-27(38)30-13-12-19-10-11-22-21(16-19)33-23(36(22)14-8-9-15-42(4,5)6)18-31-25-35-26(43(7,39)40)34-24-20(29)17-32-37(24)25/h10-11,16-17H,8-9,12-15,18H2,1-7H3,(H,30,38)(H,31,34,35). The highest BCUT2D eigenvalue weighted by Crippen LogP contribution is 2.35. The molecule has 1 aromatic carbocycles. The van der Waals surface area contributed by atoms with E-state index in [1.54, 1.807) is 6.20 Å². The lowest BCUT2D eigenvalue weighted by Gasteiger charge is -2.24. The normalized spacial score (nSPS) is 13.0. The first-order valence-corrected chi connectivity index (χ1v) is 19.7. The number of ether oxygens (including phenoxy) is 1.